The fourth-order valence-electron chi connectivity index (χ4n) is 4.65. The van der Waals surface area contributed by atoms with Gasteiger partial charge in [0.15, 0.2) is 0 Å². The molecule has 13 heteroatoms. The zero-order valence-electron chi connectivity index (χ0n) is 20.1. The van der Waals surface area contributed by atoms with Gasteiger partial charge in [0.2, 0.25) is 15.9 Å². The molecule has 1 atom stereocenters. The summed E-state index contributed by atoms with van der Waals surface area (Å²) in [6.45, 7) is 0.794. The lowest BCUT2D eigenvalue weighted by Gasteiger charge is -2.42. The first-order valence-corrected chi connectivity index (χ1v) is 13.7. The number of aromatic nitrogens is 1. The van der Waals surface area contributed by atoms with Gasteiger partial charge >= 0.3 is 12.2 Å². The molecular formula is C24H28F3N5O4S. The number of nitrogens with one attached hydrogen (secondary N) is 3. The molecule has 1 saturated heterocycles. The predicted molar refractivity (Wildman–Crippen MR) is 132 cm³/mol. The van der Waals surface area contributed by atoms with Gasteiger partial charge in [0.25, 0.3) is 0 Å². The van der Waals surface area contributed by atoms with E-state index in [-0.39, 0.29) is 17.1 Å². The summed E-state index contributed by atoms with van der Waals surface area (Å²) >= 11 is 0. The lowest BCUT2D eigenvalue weighted by atomic mass is 9.64. The first kappa shape index (κ1) is 26.9. The molecule has 4 rings (SSSR count). The molecule has 2 aromatic rings. The van der Waals surface area contributed by atoms with Gasteiger partial charge in [-0.25, -0.2) is 22.9 Å². The molecule has 1 unspecified atom stereocenters. The zero-order chi connectivity index (χ0) is 26.8. The van der Waals surface area contributed by atoms with Gasteiger partial charge < -0.3 is 10.2 Å². The molecule has 2 fully saturated rings. The number of carbonyl (C=O) groups excluding carboxylic acids is 2. The Morgan fingerprint density at radius 3 is 2.38 bits per heavy atom. The summed E-state index contributed by atoms with van der Waals surface area (Å²) in [5.74, 6) is -0.372. The van der Waals surface area contributed by atoms with E-state index in [2.05, 4.69) is 20.3 Å². The number of carbonyl (C=O) groups is 2. The van der Waals surface area contributed by atoms with E-state index < -0.39 is 33.8 Å². The highest BCUT2D eigenvalue weighted by Crippen LogP contribution is 2.43. The summed E-state index contributed by atoms with van der Waals surface area (Å²) in [5, 5.41) is 4.93. The van der Waals surface area contributed by atoms with E-state index >= 15 is 0 Å². The summed E-state index contributed by atoms with van der Waals surface area (Å²) in [6.07, 6.45) is 1.02. The number of hydrogen-bond donors (Lipinski definition) is 3. The summed E-state index contributed by atoms with van der Waals surface area (Å²) in [5.41, 5.74) is 0.469. The van der Waals surface area contributed by atoms with Crippen LogP contribution in [0.5, 0.6) is 0 Å². The maximum atomic E-state index is 13.1. The monoisotopic (exact) mass is 539 g/mol. The lowest BCUT2D eigenvalue weighted by Crippen LogP contribution is -2.53. The standard InChI is InChI=1S/C24H28F3N5O4S/c1-37(35,36)29-15-23(11-3-12-23)16-5-8-18(9-6-16)32-13-2-4-19(21(32)33)30-22(34)31-20-10-7-17(14-28-20)24(25,26)27/h5-10,14,19,29H,2-4,11-13,15H2,1H3,(H2,28,30,31,34). The second-order valence-electron chi connectivity index (χ2n) is 9.49. The number of alkyl halides is 3. The van der Waals surface area contributed by atoms with Gasteiger partial charge in [0, 0.05) is 30.4 Å². The van der Waals surface area contributed by atoms with Crippen molar-refractivity contribution in [3.05, 3.63) is 53.7 Å². The molecule has 0 bridgehead atoms. The maximum Gasteiger partial charge on any atom is 0.417 e. The minimum Gasteiger partial charge on any atom is -0.326 e. The van der Waals surface area contributed by atoms with E-state index in [0.717, 1.165) is 43.2 Å². The fraction of sp³-hybridized carbons (Fsp3) is 0.458. The number of benzene rings is 1. The van der Waals surface area contributed by atoms with Gasteiger partial charge in [-0.3, -0.25) is 10.1 Å². The van der Waals surface area contributed by atoms with Crippen LogP contribution in [-0.2, 0) is 26.4 Å². The number of urea groups is 1. The first-order valence-electron chi connectivity index (χ1n) is 11.8. The van der Waals surface area contributed by atoms with Crippen molar-refractivity contribution in [2.45, 2.75) is 49.7 Å². The van der Waals surface area contributed by atoms with Crippen molar-refractivity contribution >= 4 is 33.5 Å². The molecule has 2 aliphatic rings. The molecule has 1 aromatic carbocycles. The van der Waals surface area contributed by atoms with Gasteiger partial charge in [-0.2, -0.15) is 13.2 Å². The van der Waals surface area contributed by atoms with E-state index in [4.69, 9.17) is 0 Å². The number of amides is 3. The molecule has 0 spiro atoms. The van der Waals surface area contributed by atoms with Crippen molar-refractivity contribution in [3.8, 4) is 0 Å². The van der Waals surface area contributed by atoms with Crippen molar-refractivity contribution in [1.29, 1.82) is 0 Å². The predicted octanol–water partition coefficient (Wildman–Crippen LogP) is 3.39. The quantitative estimate of drug-likeness (QED) is 0.498. The van der Waals surface area contributed by atoms with Crippen LogP contribution in [0.1, 0.15) is 43.2 Å². The van der Waals surface area contributed by atoms with Gasteiger partial charge in [0.1, 0.15) is 11.9 Å². The minimum atomic E-state index is -4.53. The molecule has 37 heavy (non-hydrogen) atoms. The van der Waals surface area contributed by atoms with Crippen molar-refractivity contribution in [1.82, 2.24) is 15.0 Å². The van der Waals surface area contributed by atoms with Crippen LogP contribution < -0.4 is 20.3 Å². The maximum absolute atomic E-state index is 13.1. The van der Waals surface area contributed by atoms with Crippen LogP contribution in [0.2, 0.25) is 0 Å². The third-order valence-electron chi connectivity index (χ3n) is 6.85. The van der Waals surface area contributed by atoms with E-state index in [1.807, 2.05) is 24.3 Å². The number of pyridine rings is 1. The van der Waals surface area contributed by atoms with Crippen LogP contribution in [0, 0.1) is 0 Å². The molecule has 1 aliphatic heterocycles. The van der Waals surface area contributed by atoms with Gasteiger partial charge in [-0.15, -0.1) is 0 Å². The molecule has 2 heterocycles. The number of piperidine rings is 1. The van der Waals surface area contributed by atoms with Crippen LogP contribution in [0.25, 0.3) is 0 Å². The Balaban J connectivity index is 1.38. The third-order valence-corrected chi connectivity index (χ3v) is 7.52. The highest BCUT2D eigenvalue weighted by atomic mass is 32.2. The number of nitrogens with zero attached hydrogens (tertiary/aromatic N) is 2. The minimum absolute atomic E-state index is 0.0727. The van der Waals surface area contributed by atoms with Crippen LogP contribution >= 0.6 is 0 Å². The molecule has 1 saturated carbocycles. The van der Waals surface area contributed by atoms with E-state index in [9.17, 15) is 31.2 Å². The fourth-order valence-corrected chi connectivity index (χ4v) is 5.19. The van der Waals surface area contributed by atoms with E-state index in [1.165, 1.54) is 0 Å². The van der Waals surface area contributed by atoms with Crippen molar-refractivity contribution in [3.63, 3.8) is 0 Å². The van der Waals surface area contributed by atoms with Crippen molar-refractivity contribution < 1.29 is 31.2 Å². The largest absolute Gasteiger partial charge is 0.417 e. The SMILES string of the molecule is CS(=O)(=O)NCC1(c2ccc(N3CCCC(NC(=O)Nc4ccc(C(F)(F)F)cn4)C3=O)cc2)CCC1. The molecule has 1 aromatic heterocycles. The molecule has 0 radical (unpaired) electrons. The van der Waals surface area contributed by atoms with Crippen LogP contribution in [-0.4, -0.2) is 50.7 Å². The van der Waals surface area contributed by atoms with Gasteiger partial charge in [0.05, 0.1) is 11.8 Å². The third kappa shape index (κ3) is 6.39. The Morgan fingerprint density at radius 2 is 1.84 bits per heavy atom. The molecule has 1 aliphatic carbocycles. The van der Waals surface area contributed by atoms with Gasteiger partial charge in [-0.05, 0) is 55.5 Å². The first-order chi connectivity index (χ1) is 17.4. The second kappa shape index (κ2) is 10.3. The summed E-state index contributed by atoms with van der Waals surface area (Å²) in [7, 11) is -3.31. The number of anilines is 2. The summed E-state index contributed by atoms with van der Waals surface area (Å²) in [4.78, 5) is 30.7. The second-order valence-corrected chi connectivity index (χ2v) is 11.3. The molecule has 3 amide bonds. The molecule has 3 N–H and O–H groups in total. The number of hydrogen-bond acceptors (Lipinski definition) is 5. The summed E-state index contributed by atoms with van der Waals surface area (Å²) in [6, 6.07) is 7.76. The Labute approximate surface area is 212 Å². The number of rotatable bonds is 7. The Morgan fingerprint density at radius 1 is 1.14 bits per heavy atom. The van der Waals surface area contributed by atoms with Crippen molar-refractivity contribution in [2.75, 3.05) is 29.6 Å². The highest BCUT2D eigenvalue weighted by Gasteiger charge is 2.39. The normalized spacial score (nSPS) is 19.7. The molecule has 9 nitrogen and oxygen atoms in total. The van der Waals surface area contributed by atoms with Crippen LogP contribution in [0.3, 0.4) is 0 Å². The van der Waals surface area contributed by atoms with E-state index in [0.29, 0.717) is 37.8 Å². The number of sulfonamides is 1. The lowest BCUT2D eigenvalue weighted by molar-refractivity contribution is -0.137. The van der Waals surface area contributed by atoms with Crippen LogP contribution in [0.15, 0.2) is 42.6 Å². The average Bonchev–Trinajstić information content (AvgIpc) is 2.79. The molecular weight excluding hydrogens is 511 g/mol. The van der Waals surface area contributed by atoms with E-state index in [1.54, 1.807) is 4.90 Å². The Kier molecular flexibility index (Phi) is 7.47. The van der Waals surface area contributed by atoms with Gasteiger partial charge in [-0.1, -0.05) is 18.6 Å². The van der Waals surface area contributed by atoms with Crippen molar-refractivity contribution in [2.24, 2.45) is 0 Å². The molecule has 200 valence electrons. The van der Waals surface area contributed by atoms with Crippen LogP contribution in [0.4, 0.5) is 29.5 Å². The smallest absolute Gasteiger partial charge is 0.326 e. The Bertz CT molecular complexity index is 1250. The Hall–Kier alpha value is -3.19. The average molecular weight is 540 g/mol. The topological polar surface area (TPSA) is 120 Å². The highest BCUT2D eigenvalue weighted by molar-refractivity contribution is 7.88. The number of halogens is 3. The zero-order valence-corrected chi connectivity index (χ0v) is 21.0. The summed E-state index contributed by atoms with van der Waals surface area (Å²) < 4.78 is 63.8.